The molecule has 114 valence electrons. The summed E-state index contributed by atoms with van der Waals surface area (Å²) in [7, 11) is -3.52. The summed E-state index contributed by atoms with van der Waals surface area (Å²) in [5.41, 5.74) is 3.78. The van der Waals surface area contributed by atoms with Crippen molar-refractivity contribution in [3.8, 4) is 0 Å². The van der Waals surface area contributed by atoms with Gasteiger partial charge in [-0.25, -0.2) is 8.42 Å². The molecule has 0 radical (unpaired) electrons. The SMILES string of the molecule is Cc1ccc(C2=C(NS(=O)(=O)c3ccccc3)CCC2)cn1. The van der Waals surface area contributed by atoms with Gasteiger partial charge in [-0.05, 0) is 55.5 Å². The minimum atomic E-state index is -3.52. The predicted molar refractivity (Wildman–Crippen MR) is 86.5 cm³/mol. The van der Waals surface area contributed by atoms with Crippen LogP contribution in [-0.4, -0.2) is 13.4 Å². The Balaban J connectivity index is 1.93. The van der Waals surface area contributed by atoms with Crippen LogP contribution in [0.2, 0.25) is 0 Å². The Kier molecular flexibility index (Phi) is 3.98. The van der Waals surface area contributed by atoms with E-state index in [4.69, 9.17) is 0 Å². The zero-order valence-corrected chi connectivity index (χ0v) is 13.2. The van der Waals surface area contributed by atoms with E-state index >= 15 is 0 Å². The second-order valence-corrected chi connectivity index (χ2v) is 7.10. The Bertz CT molecular complexity index is 794. The Morgan fingerprint density at radius 1 is 1.05 bits per heavy atom. The smallest absolute Gasteiger partial charge is 0.261 e. The van der Waals surface area contributed by atoms with E-state index in [0.29, 0.717) is 0 Å². The van der Waals surface area contributed by atoms with Crippen LogP contribution >= 0.6 is 0 Å². The van der Waals surface area contributed by atoms with Crippen LogP contribution in [0.25, 0.3) is 5.57 Å². The molecule has 0 saturated heterocycles. The maximum absolute atomic E-state index is 12.5. The zero-order valence-electron chi connectivity index (χ0n) is 12.4. The van der Waals surface area contributed by atoms with Crippen molar-refractivity contribution in [2.75, 3.05) is 0 Å². The zero-order chi connectivity index (χ0) is 15.6. The van der Waals surface area contributed by atoms with E-state index in [-0.39, 0.29) is 4.90 Å². The topological polar surface area (TPSA) is 59.1 Å². The molecule has 2 aromatic rings. The number of sulfonamides is 1. The van der Waals surface area contributed by atoms with Gasteiger partial charge in [0.25, 0.3) is 10.0 Å². The molecular formula is C17H18N2O2S. The average Bonchev–Trinajstić information content (AvgIpc) is 2.96. The van der Waals surface area contributed by atoms with Crippen LogP contribution in [0.1, 0.15) is 30.5 Å². The number of allylic oxidation sites excluding steroid dienone is 2. The van der Waals surface area contributed by atoms with E-state index in [9.17, 15) is 8.42 Å². The van der Waals surface area contributed by atoms with Gasteiger partial charge in [0.15, 0.2) is 0 Å². The lowest BCUT2D eigenvalue weighted by atomic mass is 10.1. The predicted octanol–water partition coefficient (Wildman–Crippen LogP) is 3.26. The van der Waals surface area contributed by atoms with Crippen LogP contribution in [0, 0.1) is 6.92 Å². The van der Waals surface area contributed by atoms with Crippen LogP contribution in [0.5, 0.6) is 0 Å². The highest BCUT2D eigenvalue weighted by Gasteiger charge is 2.22. The molecule has 4 nitrogen and oxygen atoms in total. The summed E-state index contributed by atoms with van der Waals surface area (Å²) in [6.45, 7) is 1.94. The van der Waals surface area contributed by atoms with Crippen molar-refractivity contribution in [3.05, 3.63) is 65.6 Å². The molecule has 0 fully saturated rings. The molecule has 0 atom stereocenters. The van der Waals surface area contributed by atoms with E-state index in [2.05, 4.69) is 9.71 Å². The molecule has 1 N–H and O–H groups in total. The molecule has 0 saturated carbocycles. The summed E-state index contributed by atoms with van der Waals surface area (Å²) >= 11 is 0. The number of benzene rings is 1. The second-order valence-electron chi connectivity index (χ2n) is 5.42. The van der Waals surface area contributed by atoms with Gasteiger partial charge in [-0.2, -0.15) is 0 Å². The van der Waals surface area contributed by atoms with E-state index in [0.717, 1.165) is 41.8 Å². The molecule has 1 aromatic carbocycles. The van der Waals surface area contributed by atoms with Crippen LogP contribution in [0.15, 0.2) is 59.3 Å². The molecule has 1 aromatic heterocycles. The fourth-order valence-corrected chi connectivity index (χ4v) is 3.82. The summed E-state index contributed by atoms with van der Waals surface area (Å²) < 4.78 is 27.7. The lowest BCUT2D eigenvalue weighted by molar-refractivity contribution is 0.587. The molecule has 0 bridgehead atoms. The van der Waals surface area contributed by atoms with Gasteiger partial charge in [-0.3, -0.25) is 9.71 Å². The fraction of sp³-hybridized carbons (Fsp3) is 0.235. The van der Waals surface area contributed by atoms with Gasteiger partial charge in [0, 0.05) is 17.6 Å². The quantitative estimate of drug-likeness (QED) is 0.942. The number of pyridine rings is 1. The van der Waals surface area contributed by atoms with Crippen LogP contribution < -0.4 is 4.72 Å². The molecule has 1 aliphatic rings. The van der Waals surface area contributed by atoms with Crippen LogP contribution in [-0.2, 0) is 10.0 Å². The van der Waals surface area contributed by atoms with Crippen molar-refractivity contribution in [3.63, 3.8) is 0 Å². The van der Waals surface area contributed by atoms with Gasteiger partial charge in [0.05, 0.1) is 4.90 Å². The van der Waals surface area contributed by atoms with Crippen molar-refractivity contribution in [2.45, 2.75) is 31.1 Å². The van der Waals surface area contributed by atoms with Gasteiger partial charge >= 0.3 is 0 Å². The molecule has 1 aliphatic carbocycles. The fourth-order valence-electron chi connectivity index (χ4n) is 2.64. The van der Waals surface area contributed by atoms with E-state index in [1.54, 1.807) is 30.3 Å². The largest absolute Gasteiger partial charge is 0.283 e. The number of hydrogen-bond acceptors (Lipinski definition) is 3. The van der Waals surface area contributed by atoms with E-state index in [1.807, 2.05) is 25.3 Å². The lowest BCUT2D eigenvalue weighted by Crippen LogP contribution is -2.23. The van der Waals surface area contributed by atoms with Crippen molar-refractivity contribution in [1.82, 2.24) is 9.71 Å². The third kappa shape index (κ3) is 3.04. The molecule has 0 amide bonds. The Labute approximate surface area is 131 Å². The number of hydrogen-bond donors (Lipinski definition) is 1. The number of nitrogens with one attached hydrogen (secondary N) is 1. The van der Waals surface area contributed by atoms with Crippen LogP contribution in [0.4, 0.5) is 0 Å². The summed E-state index contributed by atoms with van der Waals surface area (Å²) in [4.78, 5) is 4.59. The molecule has 5 heteroatoms. The Hall–Kier alpha value is -2.14. The van der Waals surface area contributed by atoms with Crippen molar-refractivity contribution in [2.24, 2.45) is 0 Å². The normalized spacial score (nSPS) is 15.1. The molecule has 22 heavy (non-hydrogen) atoms. The first-order chi connectivity index (χ1) is 10.6. The van der Waals surface area contributed by atoms with Crippen molar-refractivity contribution < 1.29 is 8.42 Å². The third-order valence-electron chi connectivity index (χ3n) is 3.79. The maximum atomic E-state index is 12.5. The summed E-state index contributed by atoms with van der Waals surface area (Å²) in [5, 5.41) is 0. The minimum Gasteiger partial charge on any atom is -0.283 e. The third-order valence-corrected chi connectivity index (χ3v) is 5.20. The molecule has 1 heterocycles. The number of aromatic nitrogens is 1. The maximum Gasteiger partial charge on any atom is 0.261 e. The first kappa shape index (κ1) is 14.8. The molecule has 3 rings (SSSR count). The average molecular weight is 314 g/mol. The lowest BCUT2D eigenvalue weighted by Gasteiger charge is -2.12. The summed E-state index contributed by atoms with van der Waals surface area (Å²) in [5.74, 6) is 0. The number of rotatable bonds is 4. The highest BCUT2D eigenvalue weighted by molar-refractivity contribution is 7.89. The van der Waals surface area contributed by atoms with Gasteiger partial charge < -0.3 is 0 Å². The highest BCUT2D eigenvalue weighted by atomic mass is 32.2. The molecule has 0 spiro atoms. The van der Waals surface area contributed by atoms with Gasteiger partial charge in [0.2, 0.25) is 0 Å². The molecule has 0 unspecified atom stereocenters. The van der Waals surface area contributed by atoms with Gasteiger partial charge in [-0.15, -0.1) is 0 Å². The van der Waals surface area contributed by atoms with E-state index in [1.165, 1.54) is 0 Å². The molecule has 0 aliphatic heterocycles. The van der Waals surface area contributed by atoms with Crippen LogP contribution in [0.3, 0.4) is 0 Å². The first-order valence-corrected chi connectivity index (χ1v) is 8.77. The van der Waals surface area contributed by atoms with Gasteiger partial charge in [0.1, 0.15) is 0 Å². The van der Waals surface area contributed by atoms with Gasteiger partial charge in [-0.1, -0.05) is 24.3 Å². The number of nitrogens with zero attached hydrogens (tertiary/aromatic N) is 1. The Morgan fingerprint density at radius 2 is 1.82 bits per heavy atom. The monoisotopic (exact) mass is 314 g/mol. The van der Waals surface area contributed by atoms with E-state index < -0.39 is 10.0 Å². The molecular weight excluding hydrogens is 296 g/mol. The first-order valence-electron chi connectivity index (χ1n) is 7.29. The van der Waals surface area contributed by atoms with Crippen molar-refractivity contribution in [1.29, 1.82) is 0 Å². The van der Waals surface area contributed by atoms with Crippen molar-refractivity contribution >= 4 is 15.6 Å². The number of aryl methyl sites for hydroxylation is 1. The minimum absolute atomic E-state index is 0.288. The summed E-state index contributed by atoms with van der Waals surface area (Å²) in [6.07, 6.45) is 4.38. The summed E-state index contributed by atoms with van der Waals surface area (Å²) in [6, 6.07) is 12.4. The standard InChI is InChI=1S/C17H18N2O2S/c1-13-10-11-14(12-18-13)16-8-5-9-17(16)19-22(20,21)15-6-3-2-4-7-15/h2-4,6-7,10-12,19H,5,8-9H2,1H3. The highest BCUT2D eigenvalue weighted by Crippen LogP contribution is 2.33. The second kappa shape index (κ2) is 5.93. The Morgan fingerprint density at radius 3 is 2.50 bits per heavy atom.